The zero-order valence-electron chi connectivity index (χ0n) is 15.0. The Bertz CT molecular complexity index is 772. The van der Waals surface area contributed by atoms with Gasteiger partial charge in [0.05, 0.1) is 32.3 Å². The van der Waals surface area contributed by atoms with Gasteiger partial charge in [0.25, 0.3) is 5.91 Å². The summed E-state index contributed by atoms with van der Waals surface area (Å²) in [4.78, 5) is 23.4. The molecule has 1 atom stereocenters. The maximum atomic E-state index is 13.1. The molecule has 26 heavy (non-hydrogen) atoms. The lowest BCUT2D eigenvalue weighted by Crippen LogP contribution is -2.35. The van der Waals surface area contributed by atoms with E-state index in [9.17, 15) is 4.79 Å². The van der Waals surface area contributed by atoms with Crippen LogP contribution >= 0.6 is 0 Å². The predicted octanol–water partition coefficient (Wildman–Crippen LogP) is 1.99. The highest BCUT2D eigenvalue weighted by atomic mass is 16.5. The van der Waals surface area contributed by atoms with Crippen molar-refractivity contribution in [3.63, 3.8) is 0 Å². The van der Waals surface area contributed by atoms with Gasteiger partial charge in [-0.1, -0.05) is 0 Å². The number of hydrogen-bond acceptors (Lipinski definition) is 5. The molecular formula is C19H24N4O3. The van der Waals surface area contributed by atoms with Crippen LogP contribution in [0.5, 0.6) is 5.88 Å². The monoisotopic (exact) mass is 356 g/mol. The van der Waals surface area contributed by atoms with Gasteiger partial charge in [-0.2, -0.15) is 0 Å². The number of rotatable bonds is 6. The maximum absolute atomic E-state index is 13.1. The van der Waals surface area contributed by atoms with Gasteiger partial charge in [-0.25, -0.2) is 9.97 Å². The summed E-state index contributed by atoms with van der Waals surface area (Å²) in [6.45, 7) is 3.47. The molecule has 7 nitrogen and oxygen atoms in total. The molecule has 1 aliphatic carbocycles. The number of nitrogens with zero attached hydrogens (tertiary/aromatic N) is 4. The molecule has 7 heteroatoms. The van der Waals surface area contributed by atoms with Gasteiger partial charge in [-0.05, 0) is 30.9 Å². The highest BCUT2D eigenvalue weighted by molar-refractivity contribution is 5.96. The van der Waals surface area contributed by atoms with E-state index in [1.54, 1.807) is 18.3 Å². The Balaban J connectivity index is 1.52. The Morgan fingerprint density at radius 1 is 1.27 bits per heavy atom. The topological polar surface area (TPSA) is 69.5 Å². The molecule has 1 aliphatic heterocycles. The lowest BCUT2D eigenvalue weighted by atomic mass is 10.1. The number of fused-ring (bicyclic) bond motifs is 1. The summed E-state index contributed by atoms with van der Waals surface area (Å²) in [7, 11) is 1.53. The van der Waals surface area contributed by atoms with Crippen molar-refractivity contribution in [1.29, 1.82) is 0 Å². The number of aromatic nitrogens is 3. The van der Waals surface area contributed by atoms with E-state index in [0.29, 0.717) is 31.1 Å². The molecule has 1 amide bonds. The summed E-state index contributed by atoms with van der Waals surface area (Å²) in [5.41, 5.74) is 1.52. The number of carbonyl (C=O) groups is 1. The molecule has 1 fully saturated rings. The molecule has 0 N–H and O–H groups in total. The fourth-order valence-corrected chi connectivity index (χ4v) is 3.38. The third-order valence-electron chi connectivity index (χ3n) is 4.97. The van der Waals surface area contributed by atoms with Crippen LogP contribution < -0.4 is 4.74 Å². The number of amides is 1. The number of imidazole rings is 1. The Morgan fingerprint density at radius 3 is 2.92 bits per heavy atom. The summed E-state index contributed by atoms with van der Waals surface area (Å²) in [6, 6.07) is 3.52. The molecule has 0 unspecified atom stereocenters. The number of pyridine rings is 1. The molecule has 0 radical (unpaired) electrons. The summed E-state index contributed by atoms with van der Waals surface area (Å²) in [5.74, 6) is 1.26. The number of carbonyl (C=O) groups excluding carboxylic acids is 1. The first-order valence-corrected chi connectivity index (χ1v) is 9.09. The van der Waals surface area contributed by atoms with Crippen LogP contribution in [0.1, 0.15) is 28.9 Å². The van der Waals surface area contributed by atoms with Crippen LogP contribution in [-0.2, 0) is 17.8 Å². The first-order chi connectivity index (χ1) is 12.7. The minimum Gasteiger partial charge on any atom is -0.480 e. The Hall–Kier alpha value is -2.41. The van der Waals surface area contributed by atoms with Crippen LogP contribution in [0.2, 0.25) is 0 Å². The largest absolute Gasteiger partial charge is 0.480 e. The van der Waals surface area contributed by atoms with E-state index in [2.05, 4.69) is 14.5 Å². The Labute approximate surface area is 152 Å². The number of hydrogen-bond donors (Lipinski definition) is 0. The van der Waals surface area contributed by atoms with Gasteiger partial charge in [-0.3, -0.25) is 4.79 Å². The highest BCUT2D eigenvalue weighted by Gasteiger charge is 2.28. The highest BCUT2D eigenvalue weighted by Crippen LogP contribution is 2.29. The second kappa shape index (κ2) is 7.45. The van der Waals surface area contributed by atoms with Crippen molar-refractivity contribution in [2.75, 3.05) is 26.9 Å². The normalized spacial score (nSPS) is 19.7. The minimum atomic E-state index is -0.0724. The molecule has 1 saturated carbocycles. The van der Waals surface area contributed by atoms with Crippen molar-refractivity contribution in [3.05, 3.63) is 42.1 Å². The second-order valence-electron chi connectivity index (χ2n) is 7.13. The first-order valence-electron chi connectivity index (χ1n) is 9.09. The molecule has 2 aromatic rings. The van der Waals surface area contributed by atoms with Crippen LogP contribution in [0.3, 0.4) is 0 Å². The average Bonchev–Trinajstić information content (AvgIpc) is 3.42. The third-order valence-corrected chi connectivity index (χ3v) is 4.97. The van der Waals surface area contributed by atoms with Crippen molar-refractivity contribution >= 4 is 5.91 Å². The minimum absolute atomic E-state index is 0.0724. The van der Waals surface area contributed by atoms with Crippen molar-refractivity contribution in [2.45, 2.75) is 25.9 Å². The maximum Gasteiger partial charge on any atom is 0.259 e. The van der Waals surface area contributed by atoms with Crippen LogP contribution in [0.4, 0.5) is 0 Å². The van der Waals surface area contributed by atoms with Crippen molar-refractivity contribution < 1.29 is 14.3 Å². The van der Waals surface area contributed by atoms with Crippen molar-refractivity contribution in [1.82, 2.24) is 19.4 Å². The van der Waals surface area contributed by atoms with Gasteiger partial charge in [0.1, 0.15) is 5.56 Å². The van der Waals surface area contributed by atoms with E-state index in [1.807, 2.05) is 17.4 Å². The van der Waals surface area contributed by atoms with Gasteiger partial charge in [-0.15, -0.1) is 0 Å². The summed E-state index contributed by atoms with van der Waals surface area (Å²) < 4.78 is 13.3. The smallest absolute Gasteiger partial charge is 0.259 e. The summed E-state index contributed by atoms with van der Waals surface area (Å²) >= 11 is 0. The van der Waals surface area contributed by atoms with Crippen LogP contribution in [0, 0.1) is 11.8 Å². The molecule has 3 heterocycles. The predicted molar refractivity (Wildman–Crippen MR) is 94.8 cm³/mol. The fraction of sp³-hybridized carbons (Fsp3) is 0.526. The van der Waals surface area contributed by atoms with E-state index in [4.69, 9.17) is 9.47 Å². The molecule has 138 valence electrons. The molecular weight excluding hydrogens is 332 g/mol. The standard InChI is InChI=1S/C19H24N4O3/c1-25-18-17(3-2-6-21-18)19(24)22-8-15(12-26-11-14-4-5-14)9-23-13-20-7-16(23)10-22/h2-3,6-7,13-15H,4-5,8-12H2,1H3/t15-/m0/s1. The molecule has 2 aliphatic rings. The van der Waals surface area contributed by atoms with Gasteiger partial charge in [0, 0.05) is 38.0 Å². The SMILES string of the molecule is COc1ncccc1C(=O)N1Cc2cncn2C[C@@H](COCC2CC2)C1. The van der Waals surface area contributed by atoms with Gasteiger partial charge in [0.2, 0.25) is 5.88 Å². The Morgan fingerprint density at radius 2 is 2.12 bits per heavy atom. The molecule has 0 bridgehead atoms. The number of methoxy groups -OCH3 is 1. The van der Waals surface area contributed by atoms with Crippen molar-refractivity contribution in [3.8, 4) is 5.88 Å². The van der Waals surface area contributed by atoms with Crippen LogP contribution in [-0.4, -0.2) is 52.2 Å². The van der Waals surface area contributed by atoms with E-state index in [1.165, 1.54) is 20.0 Å². The Kier molecular flexibility index (Phi) is 4.88. The fourth-order valence-electron chi connectivity index (χ4n) is 3.38. The van der Waals surface area contributed by atoms with E-state index >= 15 is 0 Å². The van der Waals surface area contributed by atoms with Gasteiger partial charge < -0.3 is 18.9 Å². The molecule has 0 saturated heterocycles. The average molecular weight is 356 g/mol. The van der Waals surface area contributed by atoms with E-state index in [-0.39, 0.29) is 11.8 Å². The quantitative estimate of drug-likeness (QED) is 0.792. The van der Waals surface area contributed by atoms with Gasteiger partial charge >= 0.3 is 0 Å². The van der Waals surface area contributed by atoms with E-state index < -0.39 is 0 Å². The van der Waals surface area contributed by atoms with Gasteiger partial charge in [0.15, 0.2) is 0 Å². The lowest BCUT2D eigenvalue weighted by molar-refractivity contribution is 0.0569. The van der Waals surface area contributed by atoms with Crippen LogP contribution in [0.25, 0.3) is 0 Å². The molecule has 4 rings (SSSR count). The zero-order chi connectivity index (χ0) is 17.9. The van der Waals surface area contributed by atoms with E-state index in [0.717, 1.165) is 24.8 Å². The molecule has 0 aromatic carbocycles. The van der Waals surface area contributed by atoms with Crippen LogP contribution in [0.15, 0.2) is 30.9 Å². The zero-order valence-corrected chi connectivity index (χ0v) is 15.0. The third kappa shape index (κ3) is 3.72. The number of ether oxygens (including phenoxy) is 2. The molecule has 2 aromatic heterocycles. The summed E-state index contributed by atoms with van der Waals surface area (Å²) in [6.07, 6.45) is 7.85. The second-order valence-corrected chi connectivity index (χ2v) is 7.13. The van der Waals surface area contributed by atoms with Crippen molar-refractivity contribution in [2.24, 2.45) is 11.8 Å². The first kappa shape index (κ1) is 17.0. The lowest BCUT2D eigenvalue weighted by Gasteiger charge is -2.24. The molecule has 0 spiro atoms. The summed E-state index contributed by atoms with van der Waals surface area (Å²) in [5, 5.41) is 0.